The molecule has 21 heavy (non-hydrogen) atoms. The number of rotatable bonds is 7. The third-order valence-corrected chi connectivity index (χ3v) is 4.01. The number of hydrogen-bond acceptors (Lipinski definition) is 3. The number of ether oxygens (including phenoxy) is 1. The van der Waals surface area contributed by atoms with Gasteiger partial charge in [0.1, 0.15) is 5.75 Å². The van der Waals surface area contributed by atoms with Crippen molar-refractivity contribution in [3.05, 3.63) is 28.8 Å². The van der Waals surface area contributed by atoms with E-state index < -0.39 is 6.10 Å². The molecule has 4 nitrogen and oxygen atoms in total. The fourth-order valence-electron chi connectivity index (χ4n) is 2.13. The van der Waals surface area contributed by atoms with Crippen molar-refractivity contribution in [3.63, 3.8) is 0 Å². The van der Waals surface area contributed by atoms with Crippen molar-refractivity contribution in [2.24, 2.45) is 0 Å². The van der Waals surface area contributed by atoms with Crippen LogP contribution < -0.4 is 15.4 Å². The van der Waals surface area contributed by atoms with E-state index in [0.29, 0.717) is 17.1 Å². The van der Waals surface area contributed by atoms with Crippen LogP contribution in [-0.4, -0.2) is 24.1 Å². The highest BCUT2D eigenvalue weighted by Gasteiger charge is 2.27. The van der Waals surface area contributed by atoms with Gasteiger partial charge in [0.05, 0.1) is 0 Å². The van der Waals surface area contributed by atoms with Gasteiger partial charge < -0.3 is 15.4 Å². The summed E-state index contributed by atoms with van der Waals surface area (Å²) in [7, 11) is 0. The van der Waals surface area contributed by atoms with E-state index in [2.05, 4.69) is 10.6 Å². The van der Waals surface area contributed by atoms with Gasteiger partial charge in [0.15, 0.2) is 6.10 Å². The second-order valence-electron chi connectivity index (χ2n) is 5.95. The van der Waals surface area contributed by atoms with Crippen LogP contribution >= 0.6 is 11.6 Å². The molecule has 2 aliphatic rings. The van der Waals surface area contributed by atoms with Crippen molar-refractivity contribution < 1.29 is 9.53 Å². The van der Waals surface area contributed by atoms with Gasteiger partial charge in [-0.1, -0.05) is 11.6 Å². The Labute approximate surface area is 130 Å². The molecule has 0 radical (unpaired) electrons. The molecule has 0 bridgehead atoms. The average molecular weight is 309 g/mol. The number of carbonyl (C=O) groups is 1. The maximum atomic E-state index is 12.0. The third-order valence-electron chi connectivity index (χ3n) is 3.78. The summed E-state index contributed by atoms with van der Waals surface area (Å²) in [5.41, 5.74) is 1.00. The van der Waals surface area contributed by atoms with Crippen LogP contribution in [0.3, 0.4) is 0 Å². The Bertz CT molecular complexity index is 527. The molecular formula is C16H21ClN2O2. The summed E-state index contributed by atoms with van der Waals surface area (Å²) in [5, 5.41) is 7.09. The lowest BCUT2D eigenvalue weighted by Gasteiger charge is -2.17. The van der Waals surface area contributed by atoms with Crippen LogP contribution in [-0.2, 0) is 11.3 Å². The van der Waals surface area contributed by atoms with Crippen LogP contribution in [0.4, 0.5) is 0 Å². The van der Waals surface area contributed by atoms with Crippen LogP contribution in [0.5, 0.6) is 5.75 Å². The summed E-state index contributed by atoms with van der Waals surface area (Å²) in [6.07, 6.45) is 4.13. The molecule has 2 aliphatic carbocycles. The zero-order valence-electron chi connectivity index (χ0n) is 12.2. The second kappa shape index (κ2) is 6.24. The first-order chi connectivity index (χ1) is 10.1. The van der Waals surface area contributed by atoms with Crippen molar-refractivity contribution in [2.45, 2.75) is 57.3 Å². The maximum absolute atomic E-state index is 12.0. The van der Waals surface area contributed by atoms with Crippen LogP contribution in [0.1, 0.15) is 38.2 Å². The fourth-order valence-corrected chi connectivity index (χ4v) is 2.33. The predicted molar refractivity (Wildman–Crippen MR) is 82.6 cm³/mol. The summed E-state index contributed by atoms with van der Waals surface area (Å²) in [6.45, 7) is 2.50. The van der Waals surface area contributed by atoms with E-state index in [9.17, 15) is 4.79 Å². The minimum absolute atomic E-state index is 0.0476. The van der Waals surface area contributed by atoms with Crippen LogP contribution in [0.15, 0.2) is 18.2 Å². The van der Waals surface area contributed by atoms with Crippen molar-refractivity contribution in [3.8, 4) is 5.75 Å². The van der Waals surface area contributed by atoms with Gasteiger partial charge in [-0.2, -0.15) is 0 Å². The van der Waals surface area contributed by atoms with Crippen LogP contribution in [0, 0.1) is 0 Å². The molecule has 1 amide bonds. The lowest BCUT2D eigenvalue weighted by Crippen LogP contribution is -2.37. The van der Waals surface area contributed by atoms with Crippen molar-refractivity contribution in [1.82, 2.24) is 10.6 Å². The predicted octanol–water partition coefficient (Wildman–Crippen LogP) is 2.64. The number of halogens is 1. The molecular weight excluding hydrogens is 288 g/mol. The molecule has 1 aromatic carbocycles. The van der Waals surface area contributed by atoms with E-state index in [1.807, 2.05) is 12.1 Å². The van der Waals surface area contributed by atoms with Crippen LogP contribution in [0.25, 0.3) is 0 Å². The average Bonchev–Trinajstić information content (AvgIpc) is 3.33. The second-order valence-corrected chi connectivity index (χ2v) is 6.39. The van der Waals surface area contributed by atoms with E-state index in [-0.39, 0.29) is 5.91 Å². The molecule has 1 unspecified atom stereocenters. The Morgan fingerprint density at radius 2 is 2.05 bits per heavy atom. The SMILES string of the molecule is CC(Oc1ccc(Cl)cc1CNC1CC1)C(=O)NC1CC1. The molecule has 1 aromatic rings. The number of benzene rings is 1. The van der Waals surface area contributed by atoms with Gasteiger partial charge in [-0.05, 0) is 50.8 Å². The maximum Gasteiger partial charge on any atom is 0.260 e. The quantitative estimate of drug-likeness (QED) is 0.814. The highest BCUT2D eigenvalue weighted by molar-refractivity contribution is 6.30. The highest BCUT2D eigenvalue weighted by Crippen LogP contribution is 2.26. The van der Waals surface area contributed by atoms with Gasteiger partial charge in [-0.3, -0.25) is 4.79 Å². The first kappa shape index (κ1) is 14.7. The minimum atomic E-state index is -0.494. The first-order valence-corrected chi connectivity index (χ1v) is 7.98. The molecule has 114 valence electrons. The third kappa shape index (κ3) is 4.35. The molecule has 2 saturated carbocycles. The minimum Gasteiger partial charge on any atom is -0.481 e. The molecule has 1 atom stereocenters. The molecule has 2 fully saturated rings. The van der Waals surface area contributed by atoms with Crippen LogP contribution in [0.2, 0.25) is 5.02 Å². The molecule has 5 heteroatoms. The zero-order chi connectivity index (χ0) is 14.8. The van der Waals surface area contributed by atoms with Gasteiger partial charge in [-0.25, -0.2) is 0 Å². The summed E-state index contributed by atoms with van der Waals surface area (Å²) in [4.78, 5) is 12.0. The zero-order valence-corrected chi connectivity index (χ0v) is 13.0. The molecule has 0 spiro atoms. The molecule has 0 heterocycles. The van der Waals surface area contributed by atoms with Crippen molar-refractivity contribution in [1.29, 1.82) is 0 Å². The standard InChI is InChI=1S/C16H21ClN2O2/c1-10(16(20)19-14-5-6-14)21-15-7-2-12(17)8-11(15)9-18-13-3-4-13/h2,7-8,10,13-14,18H,3-6,9H2,1H3,(H,19,20). The van der Waals surface area contributed by atoms with Crippen molar-refractivity contribution >= 4 is 17.5 Å². The van der Waals surface area contributed by atoms with E-state index in [1.165, 1.54) is 12.8 Å². The highest BCUT2D eigenvalue weighted by atomic mass is 35.5. The number of nitrogens with one attached hydrogen (secondary N) is 2. The number of amides is 1. The Morgan fingerprint density at radius 3 is 2.71 bits per heavy atom. The monoisotopic (exact) mass is 308 g/mol. The number of carbonyl (C=O) groups excluding carboxylic acids is 1. The summed E-state index contributed by atoms with van der Waals surface area (Å²) in [5.74, 6) is 0.680. The van der Waals surface area contributed by atoms with Gasteiger partial charge in [0.2, 0.25) is 0 Å². The molecule has 2 N–H and O–H groups in total. The Kier molecular flexibility index (Phi) is 4.36. The lowest BCUT2D eigenvalue weighted by atomic mass is 10.2. The molecule has 3 rings (SSSR count). The van der Waals surface area contributed by atoms with E-state index >= 15 is 0 Å². The van der Waals surface area contributed by atoms with Crippen molar-refractivity contribution in [2.75, 3.05) is 0 Å². The topological polar surface area (TPSA) is 50.4 Å². The lowest BCUT2D eigenvalue weighted by molar-refractivity contribution is -0.127. The number of hydrogen-bond donors (Lipinski definition) is 2. The van der Waals surface area contributed by atoms with Gasteiger partial charge in [0.25, 0.3) is 5.91 Å². The Morgan fingerprint density at radius 1 is 1.33 bits per heavy atom. The molecule has 0 saturated heterocycles. The van der Waals surface area contributed by atoms with E-state index in [0.717, 1.165) is 30.7 Å². The molecule has 0 aliphatic heterocycles. The van der Waals surface area contributed by atoms with Gasteiger partial charge in [0, 0.05) is 29.2 Å². The fraction of sp³-hybridized carbons (Fsp3) is 0.562. The summed E-state index contributed by atoms with van der Waals surface area (Å²) >= 11 is 6.06. The molecule has 0 aromatic heterocycles. The van der Waals surface area contributed by atoms with Gasteiger partial charge in [-0.15, -0.1) is 0 Å². The van der Waals surface area contributed by atoms with E-state index in [1.54, 1.807) is 13.0 Å². The summed E-state index contributed by atoms with van der Waals surface area (Å²) in [6, 6.07) is 6.51. The summed E-state index contributed by atoms with van der Waals surface area (Å²) < 4.78 is 5.83. The van der Waals surface area contributed by atoms with Gasteiger partial charge >= 0.3 is 0 Å². The Hall–Kier alpha value is -1.26. The largest absolute Gasteiger partial charge is 0.481 e. The Balaban J connectivity index is 1.62. The smallest absolute Gasteiger partial charge is 0.260 e. The normalized spacial score (nSPS) is 19.1. The van der Waals surface area contributed by atoms with E-state index in [4.69, 9.17) is 16.3 Å². The first-order valence-electron chi connectivity index (χ1n) is 7.60.